The molecule has 0 atom stereocenters. The maximum atomic E-state index is 10.1. The first-order valence-electron chi connectivity index (χ1n) is 9.08. The minimum Gasteiger partial charge on any atom is -0.507 e. The van der Waals surface area contributed by atoms with Crippen molar-refractivity contribution in [2.24, 2.45) is 0 Å². The van der Waals surface area contributed by atoms with Gasteiger partial charge in [-0.3, -0.25) is 0 Å². The first-order valence-corrected chi connectivity index (χ1v) is 9.89. The number of methoxy groups -OCH3 is 2. The lowest BCUT2D eigenvalue weighted by Crippen LogP contribution is -1.95. The number of aryl methyl sites for hydroxylation is 1. The summed E-state index contributed by atoms with van der Waals surface area (Å²) >= 11 is 1.41. The van der Waals surface area contributed by atoms with Crippen LogP contribution in [0.15, 0.2) is 36.4 Å². The average molecular weight is 408 g/mol. The molecule has 2 aromatic carbocycles. The van der Waals surface area contributed by atoms with Gasteiger partial charge in [0.25, 0.3) is 0 Å². The minimum atomic E-state index is 0.141. The van der Waals surface area contributed by atoms with Crippen molar-refractivity contribution in [2.45, 2.75) is 13.3 Å². The predicted molar refractivity (Wildman–Crippen MR) is 114 cm³/mol. The van der Waals surface area contributed by atoms with E-state index in [2.05, 4.69) is 28.3 Å². The van der Waals surface area contributed by atoms with Gasteiger partial charge in [0.05, 0.1) is 19.8 Å². The Hall–Kier alpha value is -3.39. The Bertz CT molecular complexity index is 1200. The fourth-order valence-corrected chi connectivity index (χ4v) is 3.83. The van der Waals surface area contributed by atoms with Crippen molar-refractivity contribution in [3.05, 3.63) is 52.5 Å². The Morgan fingerprint density at radius 3 is 2.59 bits per heavy atom. The minimum absolute atomic E-state index is 0.141. The maximum Gasteiger partial charge on any atom is 0.235 e. The molecular formula is C21H20N4O3S. The van der Waals surface area contributed by atoms with Crippen molar-refractivity contribution < 1.29 is 14.6 Å². The van der Waals surface area contributed by atoms with Gasteiger partial charge in [0, 0.05) is 11.6 Å². The number of rotatable bonds is 6. The van der Waals surface area contributed by atoms with Gasteiger partial charge in [-0.05, 0) is 42.3 Å². The molecule has 8 heteroatoms. The Balaban J connectivity index is 1.70. The third-order valence-electron chi connectivity index (χ3n) is 4.57. The van der Waals surface area contributed by atoms with E-state index >= 15 is 0 Å². The van der Waals surface area contributed by atoms with Gasteiger partial charge < -0.3 is 14.6 Å². The molecule has 0 saturated carbocycles. The Kier molecular flexibility index (Phi) is 5.18. The van der Waals surface area contributed by atoms with Crippen molar-refractivity contribution in [1.29, 1.82) is 0 Å². The largest absolute Gasteiger partial charge is 0.507 e. The summed E-state index contributed by atoms with van der Waals surface area (Å²) in [6.07, 6.45) is 4.73. The van der Waals surface area contributed by atoms with Gasteiger partial charge in [-0.15, -0.1) is 10.2 Å². The van der Waals surface area contributed by atoms with E-state index in [1.165, 1.54) is 11.3 Å². The summed E-state index contributed by atoms with van der Waals surface area (Å²) in [7, 11) is 3.30. The number of hydrogen-bond donors (Lipinski definition) is 1. The second-order valence-electron chi connectivity index (χ2n) is 6.27. The highest BCUT2D eigenvalue weighted by Crippen LogP contribution is 2.32. The van der Waals surface area contributed by atoms with E-state index in [4.69, 9.17) is 9.47 Å². The summed E-state index contributed by atoms with van der Waals surface area (Å²) in [6.45, 7) is 2.08. The first kappa shape index (κ1) is 18.9. The normalized spacial score (nSPS) is 11.4. The lowest BCUT2D eigenvalue weighted by molar-refractivity contribution is 0.391. The molecule has 148 valence electrons. The van der Waals surface area contributed by atoms with Gasteiger partial charge in [-0.25, -0.2) is 0 Å². The molecule has 4 rings (SSSR count). The Labute approximate surface area is 171 Å². The van der Waals surface area contributed by atoms with Crippen LogP contribution in [0.2, 0.25) is 0 Å². The van der Waals surface area contributed by atoms with E-state index in [-0.39, 0.29) is 5.75 Å². The summed E-state index contributed by atoms with van der Waals surface area (Å²) in [4.78, 5) is 0.652. The lowest BCUT2D eigenvalue weighted by Gasteiger charge is -2.12. The summed E-state index contributed by atoms with van der Waals surface area (Å²) in [5.74, 6) is 2.19. The van der Waals surface area contributed by atoms with Gasteiger partial charge in [0.2, 0.25) is 4.96 Å². The number of ether oxygens (including phenoxy) is 2. The monoisotopic (exact) mass is 408 g/mol. The van der Waals surface area contributed by atoms with Crippen LogP contribution >= 0.6 is 11.3 Å². The number of nitrogens with zero attached hydrogens (tertiary/aromatic N) is 4. The predicted octanol–water partition coefficient (Wildman–Crippen LogP) is 4.31. The zero-order valence-electron chi connectivity index (χ0n) is 16.3. The number of para-hydroxylation sites is 1. The number of fused-ring (bicyclic) bond motifs is 1. The molecule has 0 fully saturated rings. The molecule has 0 radical (unpaired) electrons. The highest BCUT2D eigenvalue weighted by molar-refractivity contribution is 7.17. The molecule has 0 aliphatic carbocycles. The number of benzene rings is 2. The molecule has 0 saturated heterocycles. The van der Waals surface area contributed by atoms with E-state index in [1.807, 2.05) is 24.3 Å². The molecule has 29 heavy (non-hydrogen) atoms. The van der Waals surface area contributed by atoms with Crippen LogP contribution < -0.4 is 9.47 Å². The molecule has 0 unspecified atom stereocenters. The Morgan fingerprint density at radius 2 is 1.86 bits per heavy atom. The Morgan fingerprint density at radius 1 is 1.07 bits per heavy atom. The average Bonchev–Trinajstić information content (AvgIpc) is 3.32. The number of hydrogen-bond acceptors (Lipinski definition) is 7. The van der Waals surface area contributed by atoms with Gasteiger partial charge in [0.15, 0.2) is 5.82 Å². The molecule has 4 aromatic rings. The number of aromatic nitrogens is 4. The van der Waals surface area contributed by atoms with Crippen LogP contribution in [0.5, 0.6) is 17.2 Å². The SMILES string of the molecule is CCc1cc(/C=C/c2nn3c(-c4ccccc4O)nnc3s2)c(OC)cc1OC. The zero-order valence-corrected chi connectivity index (χ0v) is 17.1. The lowest BCUT2D eigenvalue weighted by atomic mass is 10.1. The number of aromatic hydroxyl groups is 1. The van der Waals surface area contributed by atoms with E-state index in [9.17, 15) is 5.11 Å². The van der Waals surface area contributed by atoms with Gasteiger partial charge in [0.1, 0.15) is 22.3 Å². The van der Waals surface area contributed by atoms with Crippen LogP contribution in [0.1, 0.15) is 23.1 Å². The van der Waals surface area contributed by atoms with Crippen LogP contribution in [0.4, 0.5) is 0 Å². The molecule has 7 nitrogen and oxygen atoms in total. The van der Waals surface area contributed by atoms with Crippen LogP contribution in [0, 0.1) is 0 Å². The fourth-order valence-electron chi connectivity index (χ4n) is 3.09. The maximum absolute atomic E-state index is 10.1. The van der Waals surface area contributed by atoms with Crippen molar-refractivity contribution in [2.75, 3.05) is 14.2 Å². The quantitative estimate of drug-likeness (QED) is 0.512. The molecule has 0 aliphatic rings. The second-order valence-corrected chi connectivity index (χ2v) is 7.26. The molecule has 0 aliphatic heterocycles. The summed E-state index contributed by atoms with van der Waals surface area (Å²) in [6, 6.07) is 11.0. The zero-order chi connectivity index (χ0) is 20.4. The highest BCUT2D eigenvalue weighted by Gasteiger charge is 2.15. The summed E-state index contributed by atoms with van der Waals surface area (Å²) in [5.41, 5.74) is 2.63. The fraction of sp³-hybridized carbons (Fsp3) is 0.190. The third-order valence-corrected chi connectivity index (χ3v) is 5.43. The van der Waals surface area contributed by atoms with Crippen LogP contribution in [-0.2, 0) is 6.42 Å². The molecule has 1 N–H and O–H groups in total. The molecule has 2 heterocycles. The second kappa shape index (κ2) is 7.92. The molecule has 0 amide bonds. The van der Waals surface area contributed by atoms with Crippen molar-refractivity contribution >= 4 is 28.4 Å². The number of phenolic OH excluding ortho intramolecular Hbond substituents is 1. The topological polar surface area (TPSA) is 81.8 Å². The van der Waals surface area contributed by atoms with E-state index < -0.39 is 0 Å². The van der Waals surface area contributed by atoms with Gasteiger partial charge in [-0.2, -0.15) is 9.61 Å². The van der Waals surface area contributed by atoms with Crippen molar-refractivity contribution in [1.82, 2.24) is 19.8 Å². The highest BCUT2D eigenvalue weighted by atomic mass is 32.1. The third kappa shape index (κ3) is 3.54. The molecule has 2 aromatic heterocycles. The first-order chi connectivity index (χ1) is 14.1. The standard InChI is InChI=1S/C21H20N4O3S/c1-4-13-11-14(18(28-3)12-17(13)27-2)9-10-19-24-25-20(22-23-21(25)29-19)15-7-5-6-8-16(15)26/h5-12,26H,4H2,1-3H3/b10-9+. The van der Waals surface area contributed by atoms with E-state index in [0.29, 0.717) is 16.3 Å². The van der Waals surface area contributed by atoms with Gasteiger partial charge in [-0.1, -0.05) is 30.4 Å². The van der Waals surface area contributed by atoms with Crippen molar-refractivity contribution in [3.8, 4) is 28.6 Å². The molecule has 0 bridgehead atoms. The van der Waals surface area contributed by atoms with Crippen molar-refractivity contribution in [3.63, 3.8) is 0 Å². The summed E-state index contributed by atoms with van der Waals surface area (Å²) < 4.78 is 12.6. The van der Waals surface area contributed by atoms with Crippen LogP contribution in [0.3, 0.4) is 0 Å². The van der Waals surface area contributed by atoms with Crippen LogP contribution in [-0.4, -0.2) is 39.1 Å². The van der Waals surface area contributed by atoms with E-state index in [1.54, 1.807) is 36.9 Å². The smallest absolute Gasteiger partial charge is 0.235 e. The van der Waals surface area contributed by atoms with Crippen LogP contribution in [0.25, 0.3) is 28.5 Å². The van der Waals surface area contributed by atoms with Gasteiger partial charge >= 0.3 is 0 Å². The molecule has 0 spiro atoms. The molecular weight excluding hydrogens is 388 g/mol. The van der Waals surface area contributed by atoms with E-state index in [0.717, 1.165) is 34.1 Å². The summed E-state index contributed by atoms with van der Waals surface area (Å²) in [5, 5.41) is 23.8. The number of phenols is 1.